The Balaban J connectivity index is 1.81. The van der Waals surface area contributed by atoms with Crippen molar-refractivity contribution in [1.29, 1.82) is 0 Å². The summed E-state index contributed by atoms with van der Waals surface area (Å²) in [6, 6.07) is 20.9. The first kappa shape index (κ1) is 17.0. The van der Waals surface area contributed by atoms with Gasteiger partial charge in [-0.05, 0) is 52.4 Å². The van der Waals surface area contributed by atoms with Gasteiger partial charge < -0.3 is 0 Å². The molecule has 0 bridgehead atoms. The number of rotatable bonds is 2. The lowest BCUT2D eigenvalue weighted by Crippen LogP contribution is -2.54. The van der Waals surface area contributed by atoms with Crippen LogP contribution in [0.3, 0.4) is 0 Å². The van der Waals surface area contributed by atoms with Crippen LogP contribution in [0.15, 0.2) is 60.8 Å². The van der Waals surface area contributed by atoms with E-state index in [9.17, 15) is 0 Å². The molecule has 0 radical (unpaired) electrons. The molecule has 0 atom stereocenters. The molecular weight excluding hydrogens is 349 g/mol. The lowest BCUT2D eigenvalue weighted by atomic mass is 9.35. The van der Waals surface area contributed by atoms with E-state index in [0.29, 0.717) is 12.6 Å². The van der Waals surface area contributed by atoms with E-state index in [2.05, 4.69) is 93.2 Å². The van der Waals surface area contributed by atoms with Gasteiger partial charge in [-0.1, -0.05) is 73.3 Å². The monoisotopic (exact) mass is 374 g/mol. The summed E-state index contributed by atoms with van der Waals surface area (Å²) in [5, 5.41) is 2.82. The van der Waals surface area contributed by atoms with E-state index in [4.69, 9.17) is 0 Å². The maximum absolute atomic E-state index is 2.51. The number of hydrogen-bond acceptors (Lipinski definition) is 0. The van der Waals surface area contributed by atoms with Crippen molar-refractivity contribution in [2.24, 2.45) is 13.0 Å². The Labute approximate surface area is 173 Å². The Morgan fingerprint density at radius 2 is 1.76 bits per heavy atom. The van der Waals surface area contributed by atoms with Gasteiger partial charge in [0, 0.05) is 17.0 Å². The van der Waals surface area contributed by atoms with E-state index in [1.165, 1.54) is 60.7 Å². The molecule has 0 saturated heterocycles. The molecule has 1 nitrogen and oxygen atoms in total. The maximum atomic E-state index is 2.51. The Hall–Kier alpha value is -2.87. The van der Waals surface area contributed by atoms with Crippen LogP contribution in [0.25, 0.3) is 33.2 Å². The number of hydrogen-bond donors (Lipinski definition) is 0. The van der Waals surface area contributed by atoms with Crippen LogP contribution in [0, 0.1) is 12.8 Å². The summed E-state index contributed by atoms with van der Waals surface area (Å²) in [4.78, 5) is 0. The second-order valence-electron chi connectivity index (χ2n) is 9.26. The number of pyridine rings is 1. The van der Waals surface area contributed by atoms with Gasteiger partial charge in [0.1, 0.15) is 7.05 Å². The molecule has 1 aromatic heterocycles. The highest BCUT2D eigenvalue weighted by Gasteiger charge is 2.43. The molecule has 0 saturated carbocycles. The molecule has 3 aromatic carbocycles. The molecule has 0 amide bonds. The molecule has 4 aromatic rings. The highest BCUT2D eigenvalue weighted by molar-refractivity contribution is 7.01. The van der Waals surface area contributed by atoms with Crippen LogP contribution in [0.5, 0.6) is 0 Å². The topological polar surface area (TPSA) is 3.88 Å². The Morgan fingerprint density at radius 3 is 2.59 bits per heavy atom. The van der Waals surface area contributed by atoms with E-state index in [1.54, 1.807) is 0 Å². The average Bonchev–Trinajstić information content (AvgIpc) is 3.03. The highest BCUT2D eigenvalue weighted by Crippen LogP contribution is 2.36. The summed E-state index contributed by atoms with van der Waals surface area (Å²) in [5.74, 6) is 0.656. The molecule has 0 N–H and O–H groups in total. The lowest BCUT2D eigenvalue weighted by molar-refractivity contribution is -0.659. The molecule has 0 aliphatic carbocycles. The van der Waals surface area contributed by atoms with Crippen molar-refractivity contribution in [1.82, 2.24) is 0 Å². The van der Waals surface area contributed by atoms with Crippen molar-refractivity contribution in [3.8, 4) is 22.4 Å². The summed E-state index contributed by atoms with van der Waals surface area (Å²) in [7, 11) is 2.20. The van der Waals surface area contributed by atoms with Crippen LogP contribution in [-0.4, -0.2) is 6.71 Å². The first-order valence-corrected chi connectivity index (χ1v) is 10.7. The standard InChI is InChI=1S/C27H25BN/c1-16(2)13-18-14-19-11-12-29(4)27-24-17(3)9-10-21-20-7-5-6-8-22(20)28(26(21)24)23(15-18)25(19)27/h5-12,14-16H,13H2,1-4H3/q+1. The van der Waals surface area contributed by atoms with Crippen molar-refractivity contribution < 1.29 is 4.57 Å². The minimum atomic E-state index is 0.348. The van der Waals surface area contributed by atoms with Crippen LogP contribution < -0.4 is 21.0 Å². The summed E-state index contributed by atoms with van der Waals surface area (Å²) in [6.07, 6.45) is 3.36. The van der Waals surface area contributed by atoms with Gasteiger partial charge in [0.2, 0.25) is 12.4 Å². The Kier molecular flexibility index (Phi) is 3.42. The van der Waals surface area contributed by atoms with E-state index >= 15 is 0 Å². The van der Waals surface area contributed by atoms with Crippen LogP contribution in [-0.2, 0) is 13.5 Å². The number of benzene rings is 3. The normalized spacial score (nSPS) is 13.2. The molecule has 6 rings (SSSR count). The molecule has 2 heteroatoms. The Morgan fingerprint density at radius 1 is 0.931 bits per heavy atom. The molecule has 2 aliphatic heterocycles. The SMILES string of the molecule is Cc1ccc2c3c1-c1c4c(cc(CC(C)C)cc4cc[n+]1C)B3c1ccccc1-2. The zero-order valence-corrected chi connectivity index (χ0v) is 17.6. The Bertz CT molecular complexity index is 1330. The van der Waals surface area contributed by atoms with Crippen LogP contribution >= 0.6 is 0 Å². The fourth-order valence-corrected chi connectivity index (χ4v) is 5.77. The van der Waals surface area contributed by atoms with Gasteiger partial charge in [-0.3, -0.25) is 0 Å². The van der Waals surface area contributed by atoms with Gasteiger partial charge >= 0.3 is 0 Å². The van der Waals surface area contributed by atoms with E-state index in [1.807, 2.05) is 0 Å². The van der Waals surface area contributed by atoms with Crippen LogP contribution in [0.1, 0.15) is 25.0 Å². The van der Waals surface area contributed by atoms with Gasteiger partial charge in [0.05, 0.1) is 0 Å². The number of aromatic nitrogens is 1. The average molecular weight is 374 g/mol. The molecule has 0 fully saturated rings. The van der Waals surface area contributed by atoms with Crippen molar-refractivity contribution in [3.63, 3.8) is 0 Å². The smallest absolute Gasteiger partial charge is 0.200 e. The minimum absolute atomic E-state index is 0.348. The van der Waals surface area contributed by atoms with E-state index < -0.39 is 0 Å². The third-order valence-corrected chi connectivity index (χ3v) is 6.82. The van der Waals surface area contributed by atoms with E-state index in [-0.39, 0.29) is 0 Å². The summed E-state index contributed by atoms with van der Waals surface area (Å²) in [5.41, 5.74) is 13.0. The molecule has 0 unspecified atom stereocenters. The van der Waals surface area contributed by atoms with Crippen molar-refractivity contribution in [2.75, 3.05) is 0 Å². The van der Waals surface area contributed by atoms with Gasteiger partial charge in [-0.15, -0.1) is 0 Å². The molecular formula is C27H25BN+. The molecule has 140 valence electrons. The van der Waals surface area contributed by atoms with Crippen LogP contribution in [0.4, 0.5) is 0 Å². The third kappa shape index (κ3) is 2.20. The second kappa shape index (κ2) is 5.82. The second-order valence-corrected chi connectivity index (χ2v) is 9.26. The maximum Gasteiger partial charge on any atom is 0.245 e. The molecule has 3 heterocycles. The quantitative estimate of drug-likeness (QED) is 0.322. The van der Waals surface area contributed by atoms with Gasteiger partial charge in [0.15, 0.2) is 6.20 Å². The molecule has 0 spiro atoms. The zero-order valence-electron chi connectivity index (χ0n) is 17.6. The minimum Gasteiger partial charge on any atom is -0.200 e. The third-order valence-electron chi connectivity index (χ3n) is 6.82. The number of fused-ring (bicyclic) bond motifs is 5. The first-order chi connectivity index (χ1) is 14.0. The predicted molar refractivity (Wildman–Crippen MR) is 124 cm³/mol. The highest BCUT2D eigenvalue weighted by atomic mass is 14.9. The van der Waals surface area contributed by atoms with Gasteiger partial charge in [0.25, 0.3) is 0 Å². The fourth-order valence-electron chi connectivity index (χ4n) is 5.77. The van der Waals surface area contributed by atoms with Crippen molar-refractivity contribution in [2.45, 2.75) is 27.2 Å². The van der Waals surface area contributed by atoms with Crippen LogP contribution in [0.2, 0.25) is 0 Å². The predicted octanol–water partition coefficient (Wildman–Crippen LogP) is 3.65. The van der Waals surface area contributed by atoms with E-state index in [0.717, 1.165) is 6.42 Å². The van der Waals surface area contributed by atoms with Gasteiger partial charge in [-0.25, -0.2) is 4.57 Å². The summed E-state index contributed by atoms with van der Waals surface area (Å²) >= 11 is 0. The van der Waals surface area contributed by atoms with Crippen molar-refractivity contribution >= 4 is 33.9 Å². The lowest BCUT2D eigenvalue weighted by Gasteiger charge is -2.25. The molecule has 29 heavy (non-hydrogen) atoms. The van der Waals surface area contributed by atoms with Crippen molar-refractivity contribution in [3.05, 3.63) is 71.9 Å². The number of aryl methyl sites for hydroxylation is 2. The summed E-state index contributed by atoms with van der Waals surface area (Å²) < 4.78 is 2.33. The largest absolute Gasteiger partial charge is 0.245 e. The first-order valence-electron chi connectivity index (χ1n) is 10.7. The molecule has 2 aliphatic rings. The fraction of sp³-hybridized carbons (Fsp3) is 0.222. The summed E-state index contributed by atoms with van der Waals surface area (Å²) in [6.45, 7) is 7.24. The van der Waals surface area contributed by atoms with Gasteiger partial charge in [-0.2, -0.15) is 0 Å². The zero-order chi connectivity index (χ0) is 19.9. The number of nitrogens with zero attached hydrogens (tertiary/aromatic N) is 1.